The first kappa shape index (κ1) is 20.1. The zero-order valence-electron chi connectivity index (χ0n) is 17.2. The molecule has 0 saturated carbocycles. The van der Waals surface area contributed by atoms with Crippen LogP contribution >= 0.6 is 0 Å². The minimum Gasteiger partial charge on any atom is -0.465 e. The Labute approximate surface area is 176 Å². The quantitative estimate of drug-likeness (QED) is 0.301. The number of rotatable bonds is 5. The van der Waals surface area contributed by atoms with Gasteiger partial charge in [-0.25, -0.2) is 4.79 Å². The molecule has 0 bridgehead atoms. The normalized spacial score (nSPS) is 11.1. The van der Waals surface area contributed by atoms with E-state index >= 15 is 0 Å². The van der Waals surface area contributed by atoms with E-state index in [2.05, 4.69) is 4.98 Å². The van der Waals surface area contributed by atoms with Crippen molar-refractivity contribution in [3.05, 3.63) is 80.1 Å². The van der Waals surface area contributed by atoms with E-state index in [-0.39, 0.29) is 28.7 Å². The molecule has 31 heavy (non-hydrogen) atoms. The summed E-state index contributed by atoms with van der Waals surface area (Å²) in [5, 5.41) is 12.0. The molecule has 4 rings (SSSR count). The minimum atomic E-state index is -0.664. The second-order valence-electron chi connectivity index (χ2n) is 7.32. The number of hydrogen-bond acceptors (Lipinski definition) is 6. The van der Waals surface area contributed by atoms with Crippen LogP contribution in [0.5, 0.6) is 0 Å². The number of hydrogen-bond donors (Lipinski definition) is 1. The highest BCUT2D eigenvalue weighted by molar-refractivity contribution is 6.16. The number of esters is 1. The molecule has 1 N–H and O–H groups in total. The van der Waals surface area contributed by atoms with Crippen LogP contribution in [0.2, 0.25) is 0 Å². The number of H-pyrrole nitrogens is 1. The van der Waals surface area contributed by atoms with Crippen molar-refractivity contribution in [2.45, 2.75) is 6.54 Å². The molecule has 0 fully saturated rings. The van der Waals surface area contributed by atoms with Gasteiger partial charge in [0.05, 0.1) is 35.0 Å². The van der Waals surface area contributed by atoms with E-state index in [4.69, 9.17) is 4.74 Å². The topological polar surface area (TPSA) is 110 Å². The molecule has 4 aromatic rings. The molecule has 0 spiro atoms. The van der Waals surface area contributed by atoms with Gasteiger partial charge in [0.1, 0.15) is 11.4 Å². The standard InChI is InChI=1S/C22H20N4O5/c1-24(2)20-18(22(28)31-3)17-19(23-20)15-11-14(26(29)30)9-10-16(15)25(21(17)27)12-13-7-5-4-6-8-13/h4-11,23H,12H2,1-3H3. The molecule has 0 aliphatic heterocycles. The van der Waals surface area contributed by atoms with Gasteiger partial charge in [0.25, 0.3) is 11.2 Å². The highest BCUT2D eigenvalue weighted by atomic mass is 16.6. The Morgan fingerprint density at radius 1 is 1.19 bits per heavy atom. The Hall–Kier alpha value is -4.14. The van der Waals surface area contributed by atoms with Gasteiger partial charge in [0.15, 0.2) is 0 Å². The summed E-state index contributed by atoms with van der Waals surface area (Å²) in [5.74, 6) is -0.271. The lowest BCUT2D eigenvalue weighted by molar-refractivity contribution is -0.384. The van der Waals surface area contributed by atoms with E-state index in [1.54, 1.807) is 25.1 Å². The fraction of sp³-hybridized carbons (Fsp3) is 0.182. The number of ether oxygens (including phenoxy) is 1. The molecule has 2 aromatic carbocycles. The molecule has 0 atom stereocenters. The number of pyridine rings is 1. The first-order valence-electron chi connectivity index (χ1n) is 9.49. The minimum absolute atomic E-state index is 0.0997. The third-order valence-electron chi connectivity index (χ3n) is 5.21. The molecule has 0 radical (unpaired) electrons. The molecule has 0 aliphatic carbocycles. The molecular formula is C22H20N4O5. The SMILES string of the molecule is COC(=O)c1c(N(C)C)[nH]c2c1c(=O)n(Cc1ccccc1)c1ccc([N+](=O)[O-])cc21. The lowest BCUT2D eigenvalue weighted by atomic mass is 10.1. The van der Waals surface area contributed by atoms with Crippen LogP contribution in [0.3, 0.4) is 0 Å². The van der Waals surface area contributed by atoms with Crippen LogP contribution in [0, 0.1) is 10.1 Å². The molecule has 2 heterocycles. The van der Waals surface area contributed by atoms with Crippen molar-refractivity contribution in [3.63, 3.8) is 0 Å². The van der Waals surface area contributed by atoms with Gasteiger partial charge >= 0.3 is 5.97 Å². The number of benzene rings is 2. The summed E-state index contributed by atoms with van der Waals surface area (Å²) in [6.45, 7) is 0.243. The number of carbonyl (C=O) groups excluding carboxylic acids is 1. The summed E-state index contributed by atoms with van der Waals surface area (Å²) in [5.41, 5.74) is 1.37. The van der Waals surface area contributed by atoms with Gasteiger partial charge in [0, 0.05) is 31.6 Å². The van der Waals surface area contributed by atoms with Crippen LogP contribution in [0.4, 0.5) is 11.5 Å². The van der Waals surface area contributed by atoms with Gasteiger partial charge in [-0.05, 0) is 11.6 Å². The van der Waals surface area contributed by atoms with Crippen molar-refractivity contribution in [3.8, 4) is 0 Å². The molecule has 158 valence electrons. The summed E-state index contributed by atoms with van der Waals surface area (Å²) in [4.78, 5) is 41.9. The second-order valence-corrected chi connectivity index (χ2v) is 7.32. The predicted molar refractivity (Wildman–Crippen MR) is 118 cm³/mol. The van der Waals surface area contributed by atoms with Crippen molar-refractivity contribution < 1.29 is 14.5 Å². The first-order valence-corrected chi connectivity index (χ1v) is 9.49. The van der Waals surface area contributed by atoms with Crippen LogP contribution in [0.15, 0.2) is 53.3 Å². The molecule has 0 unspecified atom stereocenters. The smallest absolute Gasteiger partial charge is 0.342 e. The number of nitrogens with zero attached hydrogens (tertiary/aromatic N) is 3. The zero-order valence-corrected chi connectivity index (χ0v) is 17.2. The Bertz CT molecular complexity index is 1390. The number of aromatic amines is 1. The maximum atomic E-state index is 13.6. The second kappa shape index (κ2) is 7.60. The molecule has 0 aliphatic rings. The average Bonchev–Trinajstić information content (AvgIpc) is 3.18. The van der Waals surface area contributed by atoms with Crippen LogP contribution in [0.1, 0.15) is 15.9 Å². The molecule has 9 nitrogen and oxygen atoms in total. The van der Waals surface area contributed by atoms with Crippen LogP contribution in [-0.2, 0) is 11.3 Å². The molecule has 0 saturated heterocycles. The predicted octanol–water partition coefficient (Wildman–Crippen LogP) is 3.29. The molecular weight excluding hydrogens is 400 g/mol. The lowest BCUT2D eigenvalue weighted by Crippen LogP contribution is -2.23. The van der Waals surface area contributed by atoms with Gasteiger partial charge in [-0.2, -0.15) is 0 Å². The monoisotopic (exact) mass is 420 g/mol. The fourth-order valence-electron chi connectivity index (χ4n) is 3.78. The Balaban J connectivity index is 2.17. The number of non-ortho nitro benzene ring substituents is 1. The van der Waals surface area contributed by atoms with E-state index in [0.717, 1.165) is 5.56 Å². The number of anilines is 1. The maximum Gasteiger partial charge on any atom is 0.342 e. The van der Waals surface area contributed by atoms with Gasteiger partial charge in [-0.3, -0.25) is 14.9 Å². The van der Waals surface area contributed by atoms with Crippen LogP contribution < -0.4 is 10.5 Å². The number of methoxy groups -OCH3 is 1. The Morgan fingerprint density at radius 2 is 1.90 bits per heavy atom. The number of fused-ring (bicyclic) bond motifs is 3. The summed E-state index contributed by atoms with van der Waals surface area (Å²) >= 11 is 0. The highest BCUT2D eigenvalue weighted by Gasteiger charge is 2.26. The van der Waals surface area contributed by atoms with Crippen LogP contribution in [-0.4, -0.2) is 41.6 Å². The first-order chi connectivity index (χ1) is 14.8. The summed E-state index contributed by atoms with van der Waals surface area (Å²) < 4.78 is 6.46. The number of aromatic nitrogens is 2. The molecule has 9 heteroatoms. The van der Waals surface area contributed by atoms with Gasteiger partial charge in [-0.15, -0.1) is 0 Å². The van der Waals surface area contributed by atoms with Crippen molar-refractivity contribution in [1.82, 2.24) is 9.55 Å². The van der Waals surface area contributed by atoms with Crippen LogP contribution in [0.25, 0.3) is 21.8 Å². The third-order valence-corrected chi connectivity index (χ3v) is 5.21. The van der Waals surface area contributed by atoms with E-state index in [1.807, 2.05) is 30.3 Å². The summed E-state index contributed by atoms with van der Waals surface area (Å²) in [6, 6.07) is 13.7. The molecule has 0 amide bonds. The number of nitro benzene ring substituents is 1. The molecule has 2 aromatic heterocycles. The number of nitrogens with one attached hydrogen (secondary N) is 1. The van der Waals surface area contributed by atoms with E-state index < -0.39 is 10.9 Å². The zero-order chi connectivity index (χ0) is 22.3. The third kappa shape index (κ3) is 3.29. The van der Waals surface area contributed by atoms with Gasteiger partial charge in [0.2, 0.25) is 0 Å². The maximum absolute atomic E-state index is 13.6. The number of carbonyl (C=O) groups is 1. The number of nitro groups is 1. The highest BCUT2D eigenvalue weighted by Crippen LogP contribution is 2.33. The van der Waals surface area contributed by atoms with Crippen molar-refractivity contribution in [2.24, 2.45) is 0 Å². The van der Waals surface area contributed by atoms with Crippen molar-refractivity contribution >= 4 is 39.3 Å². The lowest BCUT2D eigenvalue weighted by Gasteiger charge is -2.12. The summed E-state index contributed by atoms with van der Waals surface area (Å²) in [7, 11) is 4.70. The van der Waals surface area contributed by atoms with E-state index in [0.29, 0.717) is 22.2 Å². The fourth-order valence-corrected chi connectivity index (χ4v) is 3.78. The average molecular weight is 420 g/mol. The van der Waals surface area contributed by atoms with Crippen molar-refractivity contribution in [2.75, 3.05) is 26.1 Å². The largest absolute Gasteiger partial charge is 0.465 e. The summed E-state index contributed by atoms with van der Waals surface area (Å²) in [6.07, 6.45) is 0. The van der Waals surface area contributed by atoms with E-state index in [9.17, 15) is 19.7 Å². The van der Waals surface area contributed by atoms with Gasteiger partial charge in [-0.1, -0.05) is 30.3 Å². The van der Waals surface area contributed by atoms with E-state index in [1.165, 1.54) is 23.8 Å². The Kier molecular flexibility index (Phi) is 4.94. The Morgan fingerprint density at radius 3 is 2.52 bits per heavy atom. The van der Waals surface area contributed by atoms with Crippen molar-refractivity contribution in [1.29, 1.82) is 0 Å². The van der Waals surface area contributed by atoms with Gasteiger partial charge < -0.3 is 19.2 Å².